The van der Waals surface area contributed by atoms with Gasteiger partial charge in [-0.3, -0.25) is 0 Å². The summed E-state index contributed by atoms with van der Waals surface area (Å²) in [5.41, 5.74) is 0. The molecule has 0 amide bonds. The Labute approximate surface area is 81.3 Å². The first-order valence-electron chi connectivity index (χ1n) is 3.16. The van der Waals surface area contributed by atoms with E-state index in [1.165, 1.54) is 6.26 Å². The fourth-order valence-electron chi connectivity index (χ4n) is 0.355. The van der Waals surface area contributed by atoms with Crippen LogP contribution in [0.5, 0.6) is 0 Å². The average Bonchev–Trinajstić information content (AvgIpc) is 1.98. The summed E-state index contributed by atoms with van der Waals surface area (Å²) in [4.78, 5) is 0. The zero-order valence-electron chi connectivity index (χ0n) is 6.27. The SMILES string of the molecule is [CH2-]C/C=C\OC[C@H](O)CO.[Mo]. The molecule has 3 nitrogen and oxygen atoms in total. The molecule has 0 heterocycles. The summed E-state index contributed by atoms with van der Waals surface area (Å²) in [5.74, 6) is 0. The minimum absolute atomic E-state index is 0. The van der Waals surface area contributed by atoms with Crippen molar-refractivity contribution in [2.45, 2.75) is 12.5 Å². The third kappa shape index (κ3) is 10.1. The van der Waals surface area contributed by atoms with Gasteiger partial charge >= 0.3 is 0 Å². The van der Waals surface area contributed by atoms with Crippen molar-refractivity contribution in [2.24, 2.45) is 0 Å². The van der Waals surface area contributed by atoms with Crippen LogP contribution < -0.4 is 0 Å². The van der Waals surface area contributed by atoms with E-state index in [2.05, 4.69) is 6.92 Å². The molecule has 0 aliphatic carbocycles. The molecule has 0 saturated carbocycles. The molecule has 0 saturated heterocycles. The van der Waals surface area contributed by atoms with Crippen molar-refractivity contribution in [1.82, 2.24) is 0 Å². The minimum Gasteiger partial charge on any atom is -0.499 e. The van der Waals surface area contributed by atoms with E-state index in [9.17, 15) is 0 Å². The Balaban J connectivity index is 0. The van der Waals surface area contributed by atoms with Crippen LogP contribution in [-0.2, 0) is 25.8 Å². The van der Waals surface area contributed by atoms with Crippen molar-refractivity contribution in [3.63, 3.8) is 0 Å². The molecule has 0 aliphatic heterocycles. The minimum atomic E-state index is -0.783. The molecular formula is C7H13MoO3-. The molecule has 1 atom stereocenters. The number of hydrogen-bond acceptors (Lipinski definition) is 3. The van der Waals surface area contributed by atoms with Gasteiger partial charge in [0.2, 0.25) is 0 Å². The van der Waals surface area contributed by atoms with Crippen molar-refractivity contribution in [3.8, 4) is 0 Å². The molecule has 11 heavy (non-hydrogen) atoms. The Kier molecular flexibility index (Phi) is 12.7. The maximum absolute atomic E-state index is 8.73. The van der Waals surface area contributed by atoms with Crippen LogP contribution in [0.15, 0.2) is 12.3 Å². The van der Waals surface area contributed by atoms with Gasteiger partial charge in [-0.15, -0.1) is 0 Å². The Bertz CT molecular complexity index is 95.7. The number of ether oxygens (including phenoxy) is 1. The van der Waals surface area contributed by atoms with Gasteiger partial charge in [-0.2, -0.15) is 6.42 Å². The number of aliphatic hydroxyl groups is 2. The second kappa shape index (κ2) is 10.1. The van der Waals surface area contributed by atoms with Gasteiger partial charge in [0.15, 0.2) is 0 Å². The molecule has 0 rings (SSSR count). The second-order valence-corrected chi connectivity index (χ2v) is 1.83. The Morgan fingerprint density at radius 3 is 2.64 bits per heavy atom. The molecule has 0 aromatic carbocycles. The van der Waals surface area contributed by atoms with Crippen LogP contribution in [-0.4, -0.2) is 29.5 Å². The van der Waals surface area contributed by atoms with E-state index in [-0.39, 0.29) is 34.3 Å². The molecule has 0 radical (unpaired) electrons. The van der Waals surface area contributed by atoms with Crippen molar-refractivity contribution >= 4 is 0 Å². The summed E-state index contributed by atoms with van der Waals surface area (Å²) in [6.45, 7) is 3.41. The van der Waals surface area contributed by atoms with Crippen molar-refractivity contribution in [1.29, 1.82) is 0 Å². The van der Waals surface area contributed by atoms with E-state index in [0.717, 1.165) is 0 Å². The van der Waals surface area contributed by atoms with Crippen LogP contribution in [0.2, 0.25) is 0 Å². The van der Waals surface area contributed by atoms with E-state index in [0.29, 0.717) is 6.42 Å². The second-order valence-electron chi connectivity index (χ2n) is 1.83. The molecule has 0 fully saturated rings. The Hall–Kier alpha value is 0.148. The fraction of sp³-hybridized carbons (Fsp3) is 0.571. The van der Waals surface area contributed by atoms with Crippen molar-refractivity contribution in [3.05, 3.63) is 19.3 Å². The van der Waals surface area contributed by atoms with Crippen LogP contribution >= 0.6 is 0 Å². The molecule has 0 unspecified atom stereocenters. The Morgan fingerprint density at radius 2 is 2.18 bits per heavy atom. The monoisotopic (exact) mass is 243 g/mol. The van der Waals surface area contributed by atoms with Crippen LogP contribution in [0.3, 0.4) is 0 Å². The van der Waals surface area contributed by atoms with Gasteiger partial charge < -0.3 is 21.9 Å². The van der Waals surface area contributed by atoms with Gasteiger partial charge in [-0.1, -0.05) is 6.08 Å². The zero-order valence-corrected chi connectivity index (χ0v) is 8.28. The first-order valence-corrected chi connectivity index (χ1v) is 3.16. The zero-order chi connectivity index (χ0) is 7.82. The Morgan fingerprint density at radius 1 is 1.55 bits per heavy atom. The van der Waals surface area contributed by atoms with Gasteiger partial charge in [0.1, 0.15) is 12.7 Å². The van der Waals surface area contributed by atoms with Crippen molar-refractivity contribution in [2.75, 3.05) is 13.2 Å². The molecule has 2 N–H and O–H groups in total. The largest absolute Gasteiger partial charge is 0.499 e. The van der Waals surface area contributed by atoms with E-state index in [4.69, 9.17) is 14.9 Å². The summed E-state index contributed by atoms with van der Waals surface area (Å²) >= 11 is 0. The third-order valence-electron chi connectivity index (χ3n) is 0.858. The standard InChI is InChI=1S/C7H13O3.Mo/c1-2-3-4-10-6-7(9)5-8;/h3-4,7-9H,1-2,5-6H2;/q-1;/b4-3-;/t7-;/m1./s1. The van der Waals surface area contributed by atoms with Crippen LogP contribution in [0.25, 0.3) is 0 Å². The van der Waals surface area contributed by atoms with Gasteiger partial charge in [-0.05, 0) is 0 Å². The number of allylic oxidation sites excluding steroid dienone is 1. The normalized spacial score (nSPS) is 12.6. The predicted octanol–water partition coefficient (Wildman–Crippen LogP) is 0.0916. The summed E-state index contributed by atoms with van der Waals surface area (Å²) in [7, 11) is 0. The maximum atomic E-state index is 8.73. The molecule has 0 aromatic heterocycles. The molecule has 4 heteroatoms. The predicted molar refractivity (Wildman–Crippen MR) is 38.2 cm³/mol. The van der Waals surface area contributed by atoms with Gasteiger partial charge in [-0.25, -0.2) is 0 Å². The van der Waals surface area contributed by atoms with Gasteiger partial charge in [0, 0.05) is 21.1 Å². The molecule has 0 spiro atoms. The fourth-order valence-corrected chi connectivity index (χ4v) is 0.355. The average molecular weight is 241 g/mol. The smallest absolute Gasteiger partial charge is 0.115 e. The van der Waals surface area contributed by atoms with E-state index < -0.39 is 6.10 Å². The number of rotatable bonds is 5. The molecule has 66 valence electrons. The van der Waals surface area contributed by atoms with Crippen LogP contribution in [0.1, 0.15) is 6.42 Å². The topological polar surface area (TPSA) is 49.7 Å². The molecule has 0 aliphatic rings. The number of hydrogen-bond donors (Lipinski definition) is 2. The summed E-state index contributed by atoms with van der Waals surface area (Å²) in [5, 5.41) is 17.1. The van der Waals surface area contributed by atoms with E-state index in [1.54, 1.807) is 6.08 Å². The number of aliphatic hydroxyl groups excluding tert-OH is 2. The molecule has 0 aromatic rings. The summed E-state index contributed by atoms with van der Waals surface area (Å²) in [6.07, 6.45) is 3.07. The van der Waals surface area contributed by atoms with Gasteiger partial charge in [0.25, 0.3) is 0 Å². The van der Waals surface area contributed by atoms with Gasteiger partial charge in [0.05, 0.1) is 12.9 Å². The first-order chi connectivity index (χ1) is 4.81. The van der Waals surface area contributed by atoms with Crippen molar-refractivity contribution < 1.29 is 36.0 Å². The maximum Gasteiger partial charge on any atom is 0.115 e. The summed E-state index contributed by atoms with van der Waals surface area (Å²) < 4.78 is 4.80. The third-order valence-corrected chi connectivity index (χ3v) is 0.858. The van der Waals surface area contributed by atoms with E-state index in [1.807, 2.05) is 0 Å². The van der Waals surface area contributed by atoms with Crippen LogP contribution in [0.4, 0.5) is 0 Å². The quantitative estimate of drug-likeness (QED) is 0.407. The first kappa shape index (κ1) is 13.7. The molecular weight excluding hydrogens is 228 g/mol. The molecule has 0 bridgehead atoms. The van der Waals surface area contributed by atoms with E-state index >= 15 is 0 Å². The summed E-state index contributed by atoms with van der Waals surface area (Å²) in [6, 6.07) is 0. The van der Waals surface area contributed by atoms with Crippen LogP contribution in [0, 0.1) is 6.92 Å².